The summed E-state index contributed by atoms with van der Waals surface area (Å²) in [6.45, 7) is 11.7. The summed E-state index contributed by atoms with van der Waals surface area (Å²) in [5.41, 5.74) is 5.26. The summed E-state index contributed by atoms with van der Waals surface area (Å²) in [6.07, 6.45) is 3.19. The monoisotopic (exact) mass is 392 g/mol. The SMILES string of the molecule is CC(C)(C)[Si](C)(C)O[C@@H]1C[C@H](c2ccccc2)OC2=C1CCc1ccccc12. The highest BCUT2D eigenvalue weighted by molar-refractivity contribution is 6.74. The number of rotatable bonds is 3. The van der Waals surface area contributed by atoms with E-state index in [1.54, 1.807) is 0 Å². The molecule has 1 aliphatic carbocycles. The maximum atomic E-state index is 6.98. The predicted octanol–water partition coefficient (Wildman–Crippen LogP) is 6.90. The van der Waals surface area contributed by atoms with Crippen LogP contribution in [0.4, 0.5) is 0 Å². The van der Waals surface area contributed by atoms with Gasteiger partial charge >= 0.3 is 0 Å². The van der Waals surface area contributed by atoms with Gasteiger partial charge in [-0.25, -0.2) is 0 Å². The van der Waals surface area contributed by atoms with Gasteiger partial charge in [0.15, 0.2) is 8.32 Å². The Hall–Kier alpha value is -1.84. The Balaban J connectivity index is 1.75. The van der Waals surface area contributed by atoms with E-state index in [0.29, 0.717) is 0 Å². The van der Waals surface area contributed by atoms with Gasteiger partial charge < -0.3 is 9.16 Å². The van der Waals surface area contributed by atoms with Crippen LogP contribution in [0.3, 0.4) is 0 Å². The van der Waals surface area contributed by atoms with Gasteiger partial charge in [0.1, 0.15) is 11.9 Å². The van der Waals surface area contributed by atoms with E-state index in [1.165, 1.54) is 22.3 Å². The Morgan fingerprint density at radius 1 is 0.929 bits per heavy atom. The van der Waals surface area contributed by atoms with Crippen molar-refractivity contribution in [3.8, 4) is 0 Å². The molecular weight excluding hydrogens is 360 g/mol. The largest absolute Gasteiger partial charge is 0.485 e. The fourth-order valence-corrected chi connectivity index (χ4v) is 5.32. The minimum atomic E-state index is -1.88. The Morgan fingerprint density at radius 2 is 1.61 bits per heavy atom. The third-order valence-corrected chi connectivity index (χ3v) is 11.2. The molecule has 2 nitrogen and oxygen atoms in total. The molecule has 2 aromatic rings. The molecule has 2 atom stereocenters. The molecule has 3 heteroatoms. The van der Waals surface area contributed by atoms with Gasteiger partial charge in [-0.15, -0.1) is 0 Å². The van der Waals surface area contributed by atoms with E-state index in [0.717, 1.165) is 25.0 Å². The fraction of sp³-hybridized carbons (Fsp3) is 0.440. The van der Waals surface area contributed by atoms with Gasteiger partial charge in [-0.1, -0.05) is 75.4 Å². The van der Waals surface area contributed by atoms with Crippen LogP contribution in [-0.4, -0.2) is 14.4 Å². The van der Waals surface area contributed by atoms with Crippen LogP contribution in [0.25, 0.3) is 5.76 Å². The fourth-order valence-electron chi connectivity index (χ4n) is 4.01. The van der Waals surface area contributed by atoms with Crippen LogP contribution in [0.1, 0.15) is 56.4 Å². The Labute approximate surface area is 170 Å². The van der Waals surface area contributed by atoms with Crippen LogP contribution in [0.5, 0.6) is 0 Å². The molecule has 0 saturated heterocycles. The average molecular weight is 393 g/mol. The molecule has 28 heavy (non-hydrogen) atoms. The lowest BCUT2D eigenvalue weighted by atomic mass is 9.84. The van der Waals surface area contributed by atoms with Gasteiger partial charge in [-0.2, -0.15) is 0 Å². The maximum absolute atomic E-state index is 6.98. The summed E-state index contributed by atoms with van der Waals surface area (Å²) in [4.78, 5) is 0. The first-order chi connectivity index (χ1) is 13.3. The van der Waals surface area contributed by atoms with E-state index >= 15 is 0 Å². The number of fused-ring (bicyclic) bond motifs is 2. The molecule has 2 aliphatic rings. The van der Waals surface area contributed by atoms with Crippen molar-refractivity contribution < 1.29 is 9.16 Å². The van der Waals surface area contributed by atoms with Crippen LogP contribution in [0, 0.1) is 0 Å². The summed E-state index contributed by atoms with van der Waals surface area (Å²) in [6, 6.07) is 19.3. The van der Waals surface area contributed by atoms with Crippen LogP contribution in [0.2, 0.25) is 18.1 Å². The van der Waals surface area contributed by atoms with Crippen LogP contribution < -0.4 is 0 Å². The number of ether oxygens (including phenoxy) is 1. The lowest BCUT2D eigenvalue weighted by Crippen LogP contribution is -2.46. The topological polar surface area (TPSA) is 18.5 Å². The summed E-state index contributed by atoms with van der Waals surface area (Å²) in [7, 11) is -1.88. The van der Waals surface area contributed by atoms with Crippen LogP contribution in [-0.2, 0) is 15.6 Å². The van der Waals surface area contributed by atoms with Crippen molar-refractivity contribution in [2.75, 3.05) is 0 Å². The molecule has 0 spiro atoms. The van der Waals surface area contributed by atoms with E-state index in [1.807, 2.05) is 0 Å². The number of benzene rings is 2. The van der Waals surface area contributed by atoms with E-state index in [2.05, 4.69) is 88.5 Å². The highest BCUT2D eigenvalue weighted by atomic mass is 28.4. The summed E-state index contributed by atoms with van der Waals surface area (Å²) in [5.74, 6) is 1.07. The van der Waals surface area contributed by atoms with Crippen molar-refractivity contribution in [1.82, 2.24) is 0 Å². The third-order valence-electron chi connectivity index (χ3n) is 6.71. The summed E-state index contributed by atoms with van der Waals surface area (Å²) in [5, 5.41) is 0.195. The molecule has 148 valence electrons. The van der Waals surface area contributed by atoms with Crippen molar-refractivity contribution in [3.63, 3.8) is 0 Å². The summed E-state index contributed by atoms with van der Waals surface area (Å²) >= 11 is 0. The highest BCUT2D eigenvalue weighted by Gasteiger charge is 2.43. The Kier molecular flexibility index (Phi) is 5.01. The van der Waals surface area contributed by atoms with Crippen molar-refractivity contribution in [2.24, 2.45) is 0 Å². The standard InChI is InChI=1S/C25H32O2Si/c1-25(2,3)28(4,5)27-23-17-22(19-12-7-6-8-13-19)26-24-20-14-10-9-11-18(20)15-16-21(23)24/h6-14,22-23H,15-17H2,1-5H3/t22-,23-/m1/s1. The summed E-state index contributed by atoms with van der Waals surface area (Å²) < 4.78 is 13.6. The minimum Gasteiger partial charge on any atom is -0.485 e. The Bertz CT molecular complexity index is 877. The van der Waals surface area contributed by atoms with Gasteiger partial charge in [0, 0.05) is 17.6 Å². The Morgan fingerprint density at radius 3 is 2.32 bits per heavy atom. The lowest BCUT2D eigenvalue weighted by molar-refractivity contribution is 0.0728. The molecule has 4 rings (SSSR count). The normalized spacial score (nSPS) is 22.3. The number of hydrogen-bond acceptors (Lipinski definition) is 2. The zero-order valence-electron chi connectivity index (χ0n) is 17.8. The second kappa shape index (κ2) is 7.20. The van der Waals surface area contributed by atoms with Crippen molar-refractivity contribution in [3.05, 3.63) is 76.9 Å². The molecular formula is C25H32O2Si. The van der Waals surface area contributed by atoms with E-state index in [-0.39, 0.29) is 17.2 Å². The highest BCUT2D eigenvalue weighted by Crippen LogP contribution is 2.47. The molecule has 1 aliphatic heterocycles. The van der Waals surface area contributed by atoms with Crippen LogP contribution >= 0.6 is 0 Å². The zero-order chi connectivity index (χ0) is 19.9. The number of hydrogen-bond donors (Lipinski definition) is 0. The van der Waals surface area contributed by atoms with Gasteiger partial charge in [-0.3, -0.25) is 0 Å². The minimum absolute atomic E-state index is 0.0425. The predicted molar refractivity (Wildman–Crippen MR) is 119 cm³/mol. The molecule has 0 bridgehead atoms. The molecule has 2 aromatic carbocycles. The zero-order valence-corrected chi connectivity index (χ0v) is 18.8. The first-order valence-electron chi connectivity index (χ1n) is 10.5. The molecule has 0 fully saturated rings. The van der Waals surface area contributed by atoms with Crippen molar-refractivity contribution in [2.45, 2.75) is 70.4 Å². The van der Waals surface area contributed by atoms with Gasteiger partial charge in [0.05, 0.1) is 6.10 Å². The van der Waals surface area contributed by atoms with E-state index in [9.17, 15) is 0 Å². The van der Waals surface area contributed by atoms with Gasteiger partial charge in [0.25, 0.3) is 0 Å². The molecule has 0 aromatic heterocycles. The second-order valence-electron chi connectivity index (χ2n) is 9.63. The first-order valence-corrected chi connectivity index (χ1v) is 13.4. The first kappa shape index (κ1) is 19.5. The number of aryl methyl sites for hydroxylation is 1. The molecule has 0 saturated carbocycles. The molecule has 0 N–H and O–H groups in total. The quantitative estimate of drug-likeness (QED) is 0.529. The molecule has 0 radical (unpaired) electrons. The maximum Gasteiger partial charge on any atom is 0.192 e. The van der Waals surface area contributed by atoms with Crippen molar-refractivity contribution >= 4 is 14.1 Å². The molecule has 1 heterocycles. The van der Waals surface area contributed by atoms with Gasteiger partial charge in [0.2, 0.25) is 0 Å². The molecule has 0 unspecified atom stereocenters. The average Bonchev–Trinajstić information content (AvgIpc) is 2.67. The van der Waals surface area contributed by atoms with Crippen LogP contribution in [0.15, 0.2) is 60.2 Å². The molecule has 0 amide bonds. The van der Waals surface area contributed by atoms with Gasteiger partial charge in [-0.05, 0) is 42.1 Å². The van der Waals surface area contributed by atoms with Crippen molar-refractivity contribution in [1.29, 1.82) is 0 Å². The van der Waals surface area contributed by atoms with E-state index in [4.69, 9.17) is 9.16 Å². The third kappa shape index (κ3) is 3.58. The second-order valence-corrected chi connectivity index (χ2v) is 14.4. The lowest BCUT2D eigenvalue weighted by Gasteiger charge is -2.44. The van der Waals surface area contributed by atoms with E-state index < -0.39 is 8.32 Å². The smallest absolute Gasteiger partial charge is 0.192 e.